The minimum Gasteiger partial charge on any atom is -0.461 e. The van der Waals surface area contributed by atoms with Crippen LogP contribution < -0.4 is 11.1 Å². The van der Waals surface area contributed by atoms with Crippen molar-refractivity contribution in [2.45, 2.75) is 77.7 Å². The second kappa shape index (κ2) is 9.57. The zero-order chi connectivity index (χ0) is 19.9. The van der Waals surface area contributed by atoms with E-state index in [1.54, 1.807) is 34.6 Å². The molecule has 0 saturated heterocycles. The van der Waals surface area contributed by atoms with Crippen LogP contribution in [0, 0.1) is 0 Å². The summed E-state index contributed by atoms with van der Waals surface area (Å²) in [5, 5.41) is 2.64. The van der Waals surface area contributed by atoms with E-state index in [1.165, 1.54) is 0 Å². The Bertz CT molecular complexity index is 579. The molecule has 26 heavy (non-hydrogen) atoms. The first kappa shape index (κ1) is 22.0. The molecule has 6 nitrogen and oxygen atoms in total. The third kappa shape index (κ3) is 7.87. The lowest BCUT2D eigenvalue weighted by atomic mass is 9.87. The van der Waals surface area contributed by atoms with Gasteiger partial charge in [-0.05, 0) is 53.5 Å². The highest BCUT2D eigenvalue weighted by molar-refractivity contribution is 5.81. The van der Waals surface area contributed by atoms with Gasteiger partial charge >= 0.3 is 12.1 Å². The van der Waals surface area contributed by atoms with Crippen molar-refractivity contribution in [2.75, 3.05) is 0 Å². The van der Waals surface area contributed by atoms with Gasteiger partial charge in [-0.2, -0.15) is 0 Å². The van der Waals surface area contributed by atoms with E-state index in [1.807, 2.05) is 37.3 Å². The smallest absolute Gasteiger partial charge is 0.408 e. The summed E-state index contributed by atoms with van der Waals surface area (Å²) >= 11 is 0. The molecule has 0 saturated carbocycles. The topological polar surface area (TPSA) is 90.6 Å². The normalized spacial score (nSPS) is 15.1. The van der Waals surface area contributed by atoms with Gasteiger partial charge in [-0.25, -0.2) is 9.59 Å². The third-order valence-corrected chi connectivity index (χ3v) is 3.68. The van der Waals surface area contributed by atoms with Gasteiger partial charge in [-0.1, -0.05) is 30.3 Å². The van der Waals surface area contributed by atoms with Crippen molar-refractivity contribution >= 4 is 12.1 Å². The molecule has 0 aliphatic carbocycles. The Hall–Kier alpha value is -2.08. The van der Waals surface area contributed by atoms with E-state index < -0.39 is 23.7 Å². The quantitative estimate of drug-likeness (QED) is 0.724. The molecule has 6 heteroatoms. The average molecular weight is 364 g/mol. The number of hydrogen-bond acceptors (Lipinski definition) is 5. The second-order valence-electron chi connectivity index (χ2n) is 7.80. The zero-order valence-corrected chi connectivity index (χ0v) is 16.6. The van der Waals surface area contributed by atoms with E-state index in [9.17, 15) is 9.59 Å². The van der Waals surface area contributed by atoms with Gasteiger partial charge in [0.2, 0.25) is 0 Å². The van der Waals surface area contributed by atoms with Crippen LogP contribution in [-0.2, 0) is 14.3 Å². The minimum atomic E-state index is -0.844. The number of ether oxygens (including phenoxy) is 2. The SMILES string of the molecule is CC(C)OC(=O)C(CC(c1ccccc1)C(C)N)NC(=O)OC(C)(C)C. The molecule has 0 aliphatic heterocycles. The van der Waals surface area contributed by atoms with E-state index in [-0.39, 0.29) is 18.1 Å². The summed E-state index contributed by atoms with van der Waals surface area (Å²) < 4.78 is 10.6. The third-order valence-electron chi connectivity index (χ3n) is 3.68. The molecule has 146 valence electrons. The number of esters is 1. The van der Waals surface area contributed by atoms with Gasteiger partial charge < -0.3 is 20.5 Å². The Labute approximate surface area is 156 Å². The van der Waals surface area contributed by atoms with Crippen LogP contribution in [0.4, 0.5) is 4.79 Å². The number of nitrogens with one attached hydrogen (secondary N) is 1. The molecule has 0 aliphatic rings. The summed E-state index contributed by atoms with van der Waals surface area (Å²) in [7, 11) is 0. The molecule has 0 aromatic heterocycles. The highest BCUT2D eigenvalue weighted by Crippen LogP contribution is 2.25. The highest BCUT2D eigenvalue weighted by atomic mass is 16.6. The molecule has 3 N–H and O–H groups in total. The van der Waals surface area contributed by atoms with Crippen molar-refractivity contribution < 1.29 is 19.1 Å². The van der Waals surface area contributed by atoms with Crippen molar-refractivity contribution in [3.05, 3.63) is 35.9 Å². The van der Waals surface area contributed by atoms with Gasteiger partial charge in [0.25, 0.3) is 0 Å². The fraction of sp³-hybridized carbons (Fsp3) is 0.600. The number of carbonyl (C=O) groups excluding carboxylic acids is 2. The Morgan fingerprint density at radius 2 is 1.69 bits per heavy atom. The lowest BCUT2D eigenvalue weighted by Gasteiger charge is -2.28. The van der Waals surface area contributed by atoms with Crippen molar-refractivity contribution in [2.24, 2.45) is 5.73 Å². The van der Waals surface area contributed by atoms with Crippen molar-refractivity contribution in [3.8, 4) is 0 Å². The number of carbonyl (C=O) groups is 2. The van der Waals surface area contributed by atoms with Crippen LogP contribution in [-0.4, -0.2) is 35.9 Å². The van der Waals surface area contributed by atoms with E-state index in [0.29, 0.717) is 6.42 Å². The molecule has 1 aromatic rings. The predicted octanol–water partition coefficient (Wildman–Crippen LogP) is 3.35. The summed E-state index contributed by atoms with van der Waals surface area (Å²) in [4.78, 5) is 24.7. The molecule has 0 fully saturated rings. The lowest BCUT2D eigenvalue weighted by Crippen LogP contribution is -2.46. The molecule has 1 amide bonds. The first-order valence-corrected chi connectivity index (χ1v) is 9.00. The van der Waals surface area contributed by atoms with Crippen molar-refractivity contribution in [1.29, 1.82) is 0 Å². The van der Waals surface area contributed by atoms with Gasteiger partial charge in [0.05, 0.1) is 6.10 Å². The van der Waals surface area contributed by atoms with Gasteiger partial charge in [-0.15, -0.1) is 0 Å². The molecule has 0 spiro atoms. The van der Waals surface area contributed by atoms with Crippen LogP contribution in [0.25, 0.3) is 0 Å². The Morgan fingerprint density at radius 1 is 1.12 bits per heavy atom. The summed E-state index contributed by atoms with van der Waals surface area (Å²) in [6, 6.07) is 8.65. The molecule has 0 heterocycles. The van der Waals surface area contributed by atoms with Crippen LogP contribution in [0.3, 0.4) is 0 Å². The van der Waals surface area contributed by atoms with Crippen molar-refractivity contribution in [3.63, 3.8) is 0 Å². The number of amides is 1. The largest absolute Gasteiger partial charge is 0.461 e. The maximum Gasteiger partial charge on any atom is 0.408 e. The number of alkyl carbamates (subject to hydrolysis) is 1. The molecular formula is C20H32N2O4. The number of nitrogens with two attached hydrogens (primary N) is 1. The summed E-state index contributed by atoms with van der Waals surface area (Å²) in [6.45, 7) is 10.7. The summed E-state index contributed by atoms with van der Waals surface area (Å²) in [5.74, 6) is -0.608. The standard InChI is InChI=1S/C20H32N2O4/c1-13(2)25-18(23)17(22-19(24)26-20(4,5)6)12-16(14(3)21)15-10-8-7-9-11-15/h7-11,13-14,16-17H,12,21H2,1-6H3,(H,22,24). The second-order valence-corrected chi connectivity index (χ2v) is 7.80. The fourth-order valence-electron chi connectivity index (χ4n) is 2.59. The van der Waals surface area contributed by atoms with Crippen molar-refractivity contribution in [1.82, 2.24) is 5.32 Å². The fourth-order valence-corrected chi connectivity index (χ4v) is 2.59. The first-order valence-electron chi connectivity index (χ1n) is 9.00. The maximum absolute atomic E-state index is 12.5. The summed E-state index contributed by atoms with van der Waals surface area (Å²) in [6.07, 6.45) is -0.609. The summed E-state index contributed by atoms with van der Waals surface area (Å²) in [5.41, 5.74) is 6.51. The Balaban J connectivity index is 2.98. The van der Waals surface area contributed by atoms with Gasteiger partial charge in [0, 0.05) is 12.0 Å². The maximum atomic E-state index is 12.5. The van der Waals surface area contributed by atoms with E-state index in [4.69, 9.17) is 15.2 Å². The lowest BCUT2D eigenvalue weighted by molar-refractivity contribution is -0.150. The van der Waals surface area contributed by atoms with E-state index in [0.717, 1.165) is 5.56 Å². The molecule has 0 bridgehead atoms. The van der Waals surface area contributed by atoms with Crippen LogP contribution >= 0.6 is 0 Å². The van der Waals surface area contributed by atoms with Gasteiger partial charge in [0.1, 0.15) is 11.6 Å². The van der Waals surface area contributed by atoms with Gasteiger partial charge in [0.15, 0.2) is 0 Å². The van der Waals surface area contributed by atoms with E-state index in [2.05, 4.69) is 5.32 Å². The van der Waals surface area contributed by atoms with Crippen LogP contribution in [0.5, 0.6) is 0 Å². The Morgan fingerprint density at radius 3 is 2.15 bits per heavy atom. The molecule has 3 unspecified atom stereocenters. The highest BCUT2D eigenvalue weighted by Gasteiger charge is 2.30. The molecule has 1 aromatic carbocycles. The minimum absolute atomic E-state index is 0.115. The molecule has 0 radical (unpaired) electrons. The number of rotatable bonds is 7. The van der Waals surface area contributed by atoms with E-state index >= 15 is 0 Å². The number of hydrogen-bond donors (Lipinski definition) is 2. The molecule has 1 rings (SSSR count). The first-order chi connectivity index (χ1) is 12.0. The molecular weight excluding hydrogens is 332 g/mol. The van der Waals surface area contributed by atoms with Crippen LogP contribution in [0.15, 0.2) is 30.3 Å². The van der Waals surface area contributed by atoms with Gasteiger partial charge in [-0.3, -0.25) is 0 Å². The number of benzene rings is 1. The van der Waals surface area contributed by atoms with Crippen LogP contribution in [0.1, 0.15) is 59.4 Å². The predicted molar refractivity (Wildman–Crippen MR) is 102 cm³/mol. The zero-order valence-electron chi connectivity index (χ0n) is 16.6. The Kier molecular flexibility index (Phi) is 8.08. The average Bonchev–Trinajstić information content (AvgIpc) is 2.49. The van der Waals surface area contributed by atoms with Crippen LogP contribution in [0.2, 0.25) is 0 Å². The monoisotopic (exact) mass is 364 g/mol. The molecule has 3 atom stereocenters.